The van der Waals surface area contributed by atoms with Gasteiger partial charge in [-0.3, -0.25) is 0 Å². The van der Waals surface area contributed by atoms with Crippen LogP contribution in [0.2, 0.25) is 5.02 Å². The first-order valence-electron chi connectivity index (χ1n) is 6.09. The van der Waals surface area contributed by atoms with Crippen LogP contribution in [0, 0.1) is 0 Å². The molecule has 1 aliphatic heterocycles. The van der Waals surface area contributed by atoms with Gasteiger partial charge in [0, 0.05) is 13.1 Å². The van der Waals surface area contributed by atoms with E-state index in [1.165, 1.54) is 0 Å². The molecule has 1 fully saturated rings. The molecule has 0 aliphatic carbocycles. The Morgan fingerprint density at radius 2 is 2.42 bits per heavy atom. The number of nitrogens with zero attached hydrogens (tertiary/aromatic N) is 1. The summed E-state index contributed by atoms with van der Waals surface area (Å²) in [4.78, 5) is 2.45. The molecule has 0 aromatic heterocycles. The molecular weight excluding hydrogens is 284 g/mol. The van der Waals surface area contributed by atoms with Crippen LogP contribution in [0.15, 0.2) is 18.2 Å². The van der Waals surface area contributed by atoms with Crippen LogP contribution < -0.4 is 10.5 Å². The van der Waals surface area contributed by atoms with Crippen LogP contribution >= 0.6 is 23.8 Å². The molecule has 0 amide bonds. The molecule has 1 heterocycles. The highest BCUT2D eigenvalue weighted by Gasteiger charge is 2.19. The lowest BCUT2D eigenvalue weighted by Crippen LogP contribution is -2.42. The maximum Gasteiger partial charge on any atom is 0.131 e. The van der Waals surface area contributed by atoms with Gasteiger partial charge in [-0.05, 0) is 19.2 Å². The van der Waals surface area contributed by atoms with E-state index >= 15 is 0 Å². The highest BCUT2D eigenvalue weighted by molar-refractivity contribution is 7.80. The second-order valence-electron chi connectivity index (χ2n) is 4.54. The van der Waals surface area contributed by atoms with Crippen molar-refractivity contribution >= 4 is 28.8 Å². The second kappa shape index (κ2) is 6.52. The van der Waals surface area contributed by atoms with E-state index in [4.69, 9.17) is 39.0 Å². The average Bonchev–Trinajstić information content (AvgIpc) is 2.36. The van der Waals surface area contributed by atoms with Crippen molar-refractivity contribution < 1.29 is 9.47 Å². The van der Waals surface area contributed by atoms with Gasteiger partial charge in [0.05, 0.1) is 17.2 Å². The Kier molecular flexibility index (Phi) is 4.99. The normalized spacial score (nSPS) is 20.2. The number of nitrogens with two attached hydrogens (primary N) is 1. The van der Waals surface area contributed by atoms with Crippen molar-refractivity contribution in [3.05, 3.63) is 28.8 Å². The maximum absolute atomic E-state index is 6.08. The number of hydrogen-bond acceptors (Lipinski definition) is 4. The fraction of sp³-hybridized carbons (Fsp3) is 0.462. The summed E-state index contributed by atoms with van der Waals surface area (Å²) in [6.07, 6.45) is 0.0527. The monoisotopic (exact) mass is 300 g/mol. The minimum atomic E-state index is 0.0527. The molecule has 1 aromatic rings. The minimum Gasteiger partial charge on any atom is -0.490 e. The molecule has 0 radical (unpaired) electrons. The molecule has 4 nitrogen and oxygen atoms in total. The Bertz CT molecular complexity index is 470. The molecule has 1 aliphatic rings. The van der Waals surface area contributed by atoms with E-state index < -0.39 is 0 Å². The van der Waals surface area contributed by atoms with Gasteiger partial charge in [-0.2, -0.15) is 0 Å². The number of benzene rings is 1. The lowest BCUT2D eigenvalue weighted by molar-refractivity contribution is -0.0403. The quantitative estimate of drug-likeness (QED) is 0.858. The van der Waals surface area contributed by atoms with Crippen LogP contribution in [0.1, 0.15) is 5.56 Å². The first kappa shape index (κ1) is 14.5. The van der Waals surface area contributed by atoms with Crippen molar-refractivity contribution in [2.45, 2.75) is 6.10 Å². The number of halogens is 1. The van der Waals surface area contributed by atoms with Gasteiger partial charge in [0.25, 0.3) is 0 Å². The van der Waals surface area contributed by atoms with E-state index in [-0.39, 0.29) is 11.1 Å². The van der Waals surface area contributed by atoms with Crippen LogP contribution in [0.25, 0.3) is 0 Å². The van der Waals surface area contributed by atoms with Crippen LogP contribution in [0.5, 0.6) is 5.75 Å². The summed E-state index contributed by atoms with van der Waals surface area (Å²) in [5.74, 6) is 0.608. The Hall–Kier alpha value is -0.880. The molecule has 1 atom stereocenters. The highest BCUT2D eigenvalue weighted by Crippen LogP contribution is 2.26. The lowest BCUT2D eigenvalue weighted by atomic mass is 10.2. The summed E-state index contributed by atoms with van der Waals surface area (Å²) in [6, 6.07) is 5.37. The highest BCUT2D eigenvalue weighted by atomic mass is 35.5. The number of rotatable bonds is 4. The summed E-state index contributed by atoms with van der Waals surface area (Å²) in [6.45, 7) is 2.98. The Morgan fingerprint density at radius 1 is 1.63 bits per heavy atom. The number of hydrogen-bond donors (Lipinski definition) is 1. The second-order valence-corrected chi connectivity index (χ2v) is 5.39. The van der Waals surface area contributed by atoms with Gasteiger partial charge in [0.2, 0.25) is 0 Å². The van der Waals surface area contributed by atoms with Gasteiger partial charge >= 0.3 is 0 Å². The zero-order valence-corrected chi connectivity index (χ0v) is 12.3. The fourth-order valence-electron chi connectivity index (χ4n) is 2.01. The van der Waals surface area contributed by atoms with Crippen molar-refractivity contribution in [1.29, 1.82) is 0 Å². The number of ether oxygens (including phenoxy) is 2. The third-order valence-electron chi connectivity index (χ3n) is 2.99. The predicted molar refractivity (Wildman–Crippen MR) is 80.1 cm³/mol. The third-order valence-corrected chi connectivity index (χ3v) is 3.51. The number of likely N-dealkylation sites (N-methyl/N-ethyl adjacent to an activating group) is 1. The van der Waals surface area contributed by atoms with E-state index in [0.29, 0.717) is 22.9 Å². The van der Waals surface area contributed by atoms with E-state index in [9.17, 15) is 0 Å². The van der Waals surface area contributed by atoms with E-state index in [1.54, 1.807) is 6.07 Å². The minimum absolute atomic E-state index is 0.0527. The Morgan fingerprint density at radius 3 is 3.11 bits per heavy atom. The van der Waals surface area contributed by atoms with Crippen LogP contribution in [-0.4, -0.2) is 49.3 Å². The third kappa shape index (κ3) is 3.79. The van der Waals surface area contributed by atoms with Crippen molar-refractivity contribution in [3.63, 3.8) is 0 Å². The molecule has 1 saturated heterocycles. The smallest absolute Gasteiger partial charge is 0.131 e. The molecule has 0 bridgehead atoms. The van der Waals surface area contributed by atoms with Crippen LogP contribution in [0.3, 0.4) is 0 Å². The molecule has 2 rings (SSSR count). The SMILES string of the molecule is CN1CCOC(COc2cccc(Cl)c2C(N)=S)C1. The molecule has 104 valence electrons. The van der Waals surface area contributed by atoms with Gasteiger partial charge in [-0.25, -0.2) is 0 Å². The molecule has 0 saturated carbocycles. The van der Waals surface area contributed by atoms with Crippen molar-refractivity contribution in [3.8, 4) is 5.75 Å². The van der Waals surface area contributed by atoms with Gasteiger partial charge in [0.1, 0.15) is 23.4 Å². The van der Waals surface area contributed by atoms with E-state index in [1.807, 2.05) is 12.1 Å². The zero-order valence-electron chi connectivity index (χ0n) is 10.8. The first-order valence-corrected chi connectivity index (χ1v) is 6.88. The molecule has 19 heavy (non-hydrogen) atoms. The molecule has 2 N–H and O–H groups in total. The van der Waals surface area contributed by atoms with Gasteiger partial charge in [-0.15, -0.1) is 0 Å². The molecule has 1 unspecified atom stereocenters. The number of thiocarbonyl (C=S) groups is 1. The zero-order chi connectivity index (χ0) is 13.8. The average molecular weight is 301 g/mol. The van der Waals surface area contributed by atoms with E-state index in [0.717, 1.165) is 19.7 Å². The Balaban J connectivity index is 2.03. The molecule has 6 heteroatoms. The summed E-state index contributed by atoms with van der Waals surface area (Å²) in [5.41, 5.74) is 6.26. The van der Waals surface area contributed by atoms with Crippen molar-refractivity contribution in [2.75, 3.05) is 33.4 Å². The van der Waals surface area contributed by atoms with Crippen LogP contribution in [-0.2, 0) is 4.74 Å². The molecule has 1 aromatic carbocycles. The fourth-order valence-corrected chi connectivity index (χ4v) is 2.55. The van der Waals surface area contributed by atoms with Gasteiger partial charge in [-0.1, -0.05) is 29.9 Å². The first-order chi connectivity index (χ1) is 9.08. The summed E-state index contributed by atoms with van der Waals surface area (Å²) in [7, 11) is 2.06. The van der Waals surface area contributed by atoms with Crippen molar-refractivity contribution in [1.82, 2.24) is 4.90 Å². The van der Waals surface area contributed by atoms with E-state index in [2.05, 4.69) is 11.9 Å². The number of morpholine rings is 1. The molecule has 0 spiro atoms. The van der Waals surface area contributed by atoms with Crippen molar-refractivity contribution in [2.24, 2.45) is 5.73 Å². The summed E-state index contributed by atoms with van der Waals surface area (Å²) < 4.78 is 11.4. The van der Waals surface area contributed by atoms with Gasteiger partial charge < -0.3 is 20.1 Å². The lowest BCUT2D eigenvalue weighted by Gasteiger charge is -2.30. The predicted octanol–water partition coefficient (Wildman–Crippen LogP) is 1.68. The Labute approximate surface area is 123 Å². The molecular formula is C13H17ClN2O2S. The largest absolute Gasteiger partial charge is 0.490 e. The van der Waals surface area contributed by atoms with Gasteiger partial charge in [0.15, 0.2) is 0 Å². The maximum atomic E-state index is 6.08. The topological polar surface area (TPSA) is 47.7 Å². The summed E-state index contributed by atoms with van der Waals surface area (Å²) >= 11 is 11.1. The van der Waals surface area contributed by atoms with Crippen LogP contribution in [0.4, 0.5) is 0 Å². The standard InChI is InChI=1S/C13H17ClN2O2S/c1-16-5-6-17-9(7-16)8-18-11-4-2-3-10(14)12(11)13(15)19/h2-4,9H,5-8H2,1H3,(H2,15,19). The summed E-state index contributed by atoms with van der Waals surface area (Å²) in [5, 5.41) is 0.506.